The molecule has 0 aliphatic heterocycles. The van der Waals surface area contributed by atoms with E-state index in [1.165, 1.54) is 0 Å². The van der Waals surface area contributed by atoms with Crippen molar-refractivity contribution in [2.45, 2.75) is 42.2 Å². The monoisotopic (exact) mass is 292 g/mol. The SMILES string of the molecule is CC1CCC(I)(C(F)(F)F)CC1. The Kier molecular flexibility index (Phi) is 2.96. The van der Waals surface area contributed by atoms with Gasteiger partial charge in [0.1, 0.15) is 3.42 Å². The van der Waals surface area contributed by atoms with E-state index in [-0.39, 0.29) is 12.8 Å². The fraction of sp³-hybridized carbons (Fsp3) is 1.00. The van der Waals surface area contributed by atoms with Crippen molar-refractivity contribution in [2.75, 3.05) is 0 Å². The molecule has 0 bridgehead atoms. The van der Waals surface area contributed by atoms with Gasteiger partial charge in [0, 0.05) is 0 Å². The molecule has 0 radical (unpaired) electrons. The Hall–Kier alpha value is 0.520. The molecule has 12 heavy (non-hydrogen) atoms. The molecule has 0 aromatic heterocycles. The number of rotatable bonds is 0. The van der Waals surface area contributed by atoms with Crippen LogP contribution in [0.3, 0.4) is 0 Å². The van der Waals surface area contributed by atoms with Crippen LogP contribution in [-0.2, 0) is 0 Å². The first-order chi connectivity index (χ1) is 5.35. The number of halogens is 4. The fourth-order valence-corrected chi connectivity index (χ4v) is 2.13. The van der Waals surface area contributed by atoms with E-state index in [0.717, 1.165) is 0 Å². The maximum absolute atomic E-state index is 12.4. The fourth-order valence-electron chi connectivity index (χ4n) is 1.50. The molecule has 0 unspecified atom stereocenters. The molecule has 0 saturated heterocycles. The molecule has 0 spiro atoms. The Morgan fingerprint density at radius 3 is 2.00 bits per heavy atom. The average molecular weight is 292 g/mol. The van der Waals surface area contributed by atoms with Gasteiger partial charge in [0.15, 0.2) is 0 Å². The second-order valence-corrected chi connectivity index (χ2v) is 5.71. The number of hydrogen-bond donors (Lipinski definition) is 0. The van der Waals surface area contributed by atoms with E-state index in [4.69, 9.17) is 0 Å². The molecule has 0 N–H and O–H groups in total. The van der Waals surface area contributed by atoms with Crippen LogP contribution in [0, 0.1) is 5.92 Å². The molecular weight excluding hydrogens is 280 g/mol. The minimum atomic E-state index is -4.02. The van der Waals surface area contributed by atoms with Gasteiger partial charge in [-0.2, -0.15) is 13.2 Å². The zero-order chi connectivity index (χ0) is 9.41. The molecule has 0 aromatic rings. The number of hydrogen-bond acceptors (Lipinski definition) is 0. The number of alkyl halides is 4. The molecule has 1 fully saturated rings. The zero-order valence-corrected chi connectivity index (χ0v) is 9.08. The van der Waals surface area contributed by atoms with E-state index >= 15 is 0 Å². The quantitative estimate of drug-likeness (QED) is 0.469. The third-order valence-electron chi connectivity index (χ3n) is 2.57. The molecule has 0 aromatic carbocycles. The summed E-state index contributed by atoms with van der Waals surface area (Å²) in [6, 6.07) is 0. The molecule has 72 valence electrons. The molecule has 0 nitrogen and oxygen atoms in total. The third-order valence-corrected chi connectivity index (χ3v) is 4.27. The van der Waals surface area contributed by atoms with Gasteiger partial charge in [-0.25, -0.2) is 0 Å². The summed E-state index contributed by atoms with van der Waals surface area (Å²) in [4.78, 5) is 0. The summed E-state index contributed by atoms with van der Waals surface area (Å²) >= 11 is 1.58. The lowest BCUT2D eigenvalue weighted by atomic mass is 9.82. The van der Waals surface area contributed by atoms with Gasteiger partial charge in [-0.15, -0.1) is 0 Å². The minimum Gasteiger partial charge on any atom is -0.170 e. The lowest BCUT2D eigenvalue weighted by Crippen LogP contribution is -2.41. The van der Waals surface area contributed by atoms with Gasteiger partial charge < -0.3 is 0 Å². The smallest absolute Gasteiger partial charge is 0.170 e. The Bertz CT molecular complexity index is 156. The highest BCUT2D eigenvalue weighted by atomic mass is 127. The normalized spacial score (nSPS) is 38.2. The molecule has 1 aliphatic carbocycles. The van der Waals surface area contributed by atoms with Gasteiger partial charge in [-0.05, 0) is 31.6 Å². The van der Waals surface area contributed by atoms with Crippen LogP contribution in [-0.4, -0.2) is 9.60 Å². The van der Waals surface area contributed by atoms with Crippen LogP contribution in [0.2, 0.25) is 0 Å². The van der Waals surface area contributed by atoms with E-state index < -0.39 is 9.60 Å². The Morgan fingerprint density at radius 2 is 1.67 bits per heavy atom. The third kappa shape index (κ3) is 2.06. The molecular formula is C8H12F3I. The van der Waals surface area contributed by atoms with Crippen LogP contribution in [0.25, 0.3) is 0 Å². The van der Waals surface area contributed by atoms with Gasteiger partial charge in [0.05, 0.1) is 0 Å². The van der Waals surface area contributed by atoms with E-state index in [1.54, 1.807) is 22.6 Å². The summed E-state index contributed by atoms with van der Waals surface area (Å²) in [7, 11) is 0. The van der Waals surface area contributed by atoms with Gasteiger partial charge >= 0.3 is 6.18 Å². The Labute approximate surface area is 84.0 Å². The summed E-state index contributed by atoms with van der Waals surface area (Å²) in [6.07, 6.45) is -2.02. The average Bonchev–Trinajstić information content (AvgIpc) is 1.93. The maximum atomic E-state index is 12.4. The molecule has 0 heterocycles. The summed E-state index contributed by atoms with van der Waals surface area (Å²) < 4.78 is 35.9. The van der Waals surface area contributed by atoms with Crippen molar-refractivity contribution in [3.05, 3.63) is 0 Å². The Morgan fingerprint density at radius 1 is 1.25 bits per heavy atom. The van der Waals surface area contributed by atoms with Gasteiger partial charge in [-0.3, -0.25) is 0 Å². The minimum absolute atomic E-state index is 0.290. The van der Waals surface area contributed by atoms with Crippen molar-refractivity contribution < 1.29 is 13.2 Å². The van der Waals surface area contributed by atoms with Crippen molar-refractivity contribution in [3.63, 3.8) is 0 Å². The van der Waals surface area contributed by atoms with Gasteiger partial charge in [0.25, 0.3) is 0 Å². The van der Waals surface area contributed by atoms with Crippen LogP contribution in [0.4, 0.5) is 13.2 Å². The predicted octanol–water partition coefficient (Wildman–Crippen LogP) is 3.93. The van der Waals surface area contributed by atoms with E-state index in [9.17, 15) is 13.2 Å². The lowest BCUT2D eigenvalue weighted by Gasteiger charge is -2.35. The standard InChI is InChI=1S/C8H12F3I/c1-6-2-4-7(12,5-3-6)8(9,10)11/h6H,2-5H2,1H3. The highest BCUT2D eigenvalue weighted by Gasteiger charge is 2.53. The predicted molar refractivity (Wildman–Crippen MR) is 50.4 cm³/mol. The van der Waals surface area contributed by atoms with Crippen molar-refractivity contribution in [2.24, 2.45) is 5.92 Å². The molecule has 1 aliphatic rings. The molecule has 1 rings (SSSR count). The summed E-state index contributed by atoms with van der Waals surface area (Å²) in [6.45, 7) is 2.02. The van der Waals surface area contributed by atoms with Crippen molar-refractivity contribution in [1.29, 1.82) is 0 Å². The van der Waals surface area contributed by atoms with Crippen LogP contribution in [0.5, 0.6) is 0 Å². The van der Waals surface area contributed by atoms with Crippen molar-refractivity contribution in [3.8, 4) is 0 Å². The van der Waals surface area contributed by atoms with E-state index in [2.05, 4.69) is 0 Å². The van der Waals surface area contributed by atoms with Crippen LogP contribution in [0.15, 0.2) is 0 Å². The molecule has 1 saturated carbocycles. The highest BCUT2D eigenvalue weighted by Crippen LogP contribution is 2.49. The first-order valence-corrected chi connectivity index (χ1v) is 5.19. The first kappa shape index (κ1) is 10.6. The van der Waals surface area contributed by atoms with Crippen LogP contribution < -0.4 is 0 Å². The summed E-state index contributed by atoms with van der Waals surface area (Å²) in [5, 5.41) is 0. The first-order valence-electron chi connectivity index (χ1n) is 4.11. The van der Waals surface area contributed by atoms with E-state index in [0.29, 0.717) is 18.8 Å². The van der Waals surface area contributed by atoms with Gasteiger partial charge in [0.2, 0.25) is 0 Å². The zero-order valence-electron chi connectivity index (χ0n) is 6.92. The van der Waals surface area contributed by atoms with E-state index in [1.807, 2.05) is 6.92 Å². The van der Waals surface area contributed by atoms with Crippen LogP contribution in [0.1, 0.15) is 32.6 Å². The second kappa shape index (κ2) is 3.35. The summed E-state index contributed by atoms with van der Waals surface area (Å²) in [5.41, 5.74) is 0. The van der Waals surface area contributed by atoms with Gasteiger partial charge in [-0.1, -0.05) is 29.5 Å². The molecule has 0 amide bonds. The molecule has 4 heteroatoms. The van der Waals surface area contributed by atoms with Crippen molar-refractivity contribution in [1.82, 2.24) is 0 Å². The highest BCUT2D eigenvalue weighted by molar-refractivity contribution is 14.1. The van der Waals surface area contributed by atoms with Crippen molar-refractivity contribution >= 4 is 22.6 Å². The topological polar surface area (TPSA) is 0 Å². The maximum Gasteiger partial charge on any atom is 0.403 e. The largest absolute Gasteiger partial charge is 0.403 e. The summed E-state index contributed by atoms with van der Waals surface area (Å²) in [5.74, 6) is 0.468. The second-order valence-electron chi connectivity index (χ2n) is 3.65. The van der Waals surface area contributed by atoms with Crippen LogP contribution >= 0.6 is 22.6 Å². The molecule has 0 atom stereocenters. The lowest BCUT2D eigenvalue weighted by molar-refractivity contribution is -0.162. The Balaban J connectivity index is 2.62.